The summed E-state index contributed by atoms with van der Waals surface area (Å²) < 4.78 is 12.7. The number of nitrogens with zero attached hydrogens (tertiary/aromatic N) is 2. The molecule has 0 N–H and O–H groups in total. The van der Waals surface area contributed by atoms with Crippen molar-refractivity contribution in [2.45, 2.75) is 0 Å². The molecule has 4 nitrogen and oxygen atoms in total. The number of ether oxygens (including phenoxy) is 2. The third-order valence-corrected chi connectivity index (χ3v) is 8.11. The van der Waals surface area contributed by atoms with Crippen molar-refractivity contribution < 1.29 is 9.47 Å². The smallest absolute Gasteiger partial charge is 0.0763 e. The van der Waals surface area contributed by atoms with Crippen LogP contribution in [0.2, 0.25) is 0 Å². The number of rotatable bonds is 2. The van der Waals surface area contributed by atoms with Gasteiger partial charge < -0.3 is 19.3 Å². The molecule has 0 amide bonds. The van der Waals surface area contributed by atoms with E-state index in [2.05, 4.69) is 80.3 Å². The largest absolute Gasteiger partial charge is 0.378 e. The number of morpholine rings is 2. The first-order chi connectivity index (χ1) is 16.3. The van der Waals surface area contributed by atoms with Crippen molar-refractivity contribution in [2.24, 2.45) is 0 Å². The Labute approximate surface area is 201 Å². The molecule has 0 saturated carbocycles. The molecule has 0 aliphatic carbocycles. The summed E-state index contributed by atoms with van der Waals surface area (Å²) in [5.74, 6) is 0. The van der Waals surface area contributed by atoms with E-state index in [1.807, 2.05) is 0 Å². The zero-order valence-electron chi connectivity index (χ0n) is 18.4. The average molecular weight is 501 g/mol. The van der Waals surface area contributed by atoms with Crippen LogP contribution in [0.15, 0.2) is 59.1 Å². The van der Waals surface area contributed by atoms with Crippen molar-refractivity contribution in [1.82, 2.24) is 0 Å². The Morgan fingerprint density at radius 3 is 1.73 bits per heavy atom. The highest BCUT2D eigenvalue weighted by Crippen LogP contribution is 2.51. The van der Waals surface area contributed by atoms with Gasteiger partial charge in [-0.3, -0.25) is 0 Å². The third-order valence-electron chi connectivity index (χ3n) is 7.34. The van der Waals surface area contributed by atoms with E-state index in [1.165, 1.54) is 58.9 Å². The fourth-order valence-corrected chi connectivity index (χ4v) is 6.76. The highest BCUT2D eigenvalue weighted by atomic mass is 79.9. The summed E-state index contributed by atoms with van der Waals surface area (Å²) in [5, 5.41) is 10.6. The van der Waals surface area contributed by atoms with Crippen LogP contribution >= 0.6 is 15.9 Å². The van der Waals surface area contributed by atoms with Crippen molar-refractivity contribution in [3.63, 3.8) is 0 Å². The summed E-state index contributed by atoms with van der Waals surface area (Å²) >= 11 is 4.16. The van der Waals surface area contributed by atoms with E-state index in [9.17, 15) is 0 Å². The Morgan fingerprint density at radius 1 is 0.545 bits per heavy atom. The molecule has 2 fully saturated rings. The van der Waals surface area contributed by atoms with Crippen LogP contribution in [-0.2, 0) is 9.47 Å². The number of hydrogen-bond donors (Lipinski definition) is 0. The molecular weight excluding hydrogens is 476 g/mol. The number of halogens is 1. The van der Waals surface area contributed by atoms with E-state index >= 15 is 0 Å². The molecule has 2 aliphatic rings. The lowest BCUT2D eigenvalue weighted by molar-refractivity contribution is 0.121. The topological polar surface area (TPSA) is 24.9 Å². The van der Waals surface area contributed by atoms with Gasteiger partial charge in [-0.15, -0.1) is 0 Å². The lowest BCUT2D eigenvalue weighted by atomic mass is 9.88. The van der Waals surface area contributed by atoms with E-state index in [-0.39, 0.29) is 0 Å². The van der Waals surface area contributed by atoms with Gasteiger partial charge >= 0.3 is 0 Å². The quantitative estimate of drug-likeness (QED) is 0.213. The van der Waals surface area contributed by atoms with Gasteiger partial charge in [-0.05, 0) is 42.9 Å². The minimum Gasteiger partial charge on any atom is -0.378 e. The third kappa shape index (κ3) is 2.89. The molecule has 5 heteroatoms. The molecule has 5 aromatic carbocycles. The predicted molar refractivity (Wildman–Crippen MR) is 141 cm³/mol. The summed E-state index contributed by atoms with van der Waals surface area (Å²) in [5.41, 5.74) is 2.63. The Kier molecular flexibility index (Phi) is 4.64. The van der Waals surface area contributed by atoms with Gasteiger partial charge in [0.05, 0.1) is 42.3 Å². The van der Waals surface area contributed by atoms with E-state index in [0.29, 0.717) is 0 Å². The highest BCUT2D eigenvalue weighted by molar-refractivity contribution is 9.10. The Balaban J connectivity index is 1.69. The molecule has 0 spiro atoms. The second-order valence-corrected chi connectivity index (χ2v) is 9.82. The fraction of sp³-hybridized carbons (Fsp3) is 0.286. The maximum Gasteiger partial charge on any atom is 0.0763 e. The van der Waals surface area contributed by atoms with Crippen molar-refractivity contribution in [2.75, 3.05) is 62.4 Å². The first kappa shape index (κ1) is 19.8. The van der Waals surface area contributed by atoms with Gasteiger partial charge in [0.15, 0.2) is 0 Å². The van der Waals surface area contributed by atoms with Crippen LogP contribution < -0.4 is 9.80 Å². The lowest BCUT2D eigenvalue weighted by Crippen LogP contribution is -2.40. The number of hydrogen-bond acceptors (Lipinski definition) is 4. The summed E-state index contributed by atoms with van der Waals surface area (Å²) in [6.07, 6.45) is 0. The summed E-state index contributed by atoms with van der Waals surface area (Å²) in [6, 6.07) is 20.2. The first-order valence-corrected chi connectivity index (χ1v) is 12.6. The molecule has 2 heterocycles. The number of benzene rings is 5. The van der Waals surface area contributed by atoms with Gasteiger partial charge in [0.1, 0.15) is 0 Å². The summed E-state index contributed by atoms with van der Waals surface area (Å²) in [7, 11) is 0. The van der Waals surface area contributed by atoms with Gasteiger partial charge in [-0.25, -0.2) is 0 Å². The highest BCUT2D eigenvalue weighted by Gasteiger charge is 2.28. The molecule has 0 aromatic heterocycles. The van der Waals surface area contributed by atoms with Gasteiger partial charge in [0, 0.05) is 42.3 Å². The zero-order chi connectivity index (χ0) is 21.9. The van der Waals surface area contributed by atoms with Crippen LogP contribution in [0.4, 0.5) is 11.4 Å². The SMILES string of the molecule is Brc1c(N2CCOCC2)c(N2CCOCC2)c2cccc3c4cccc5cccc(c1c23)c54. The first-order valence-electron chi connectivity index (χ1n) is 11.8. The molecule has 2 saturated heterocycles. The second-order valence-electron chi connectivity index (χ2n) is 9.02. The van der Waals surface area contributed by atoms with Gasteiger partial charge in [-0.2, -0.15) is 0 Å². The van der Waals surface area contributed by atoms with E-state index in [0.717, 1.165) is 52.6 Å². The number of fused-ring (bicyclic) bond motifs is 2. The van der Waals surface area contributed by atoms with E-state index in [4.69, 9.17) is 9.47 Å². The second kappa shape index (κ2) is 7.73. The van der Waals surface area contributed by atoms with Crippen molar-refractivity contribution in [3.8, 4) is 0 Å². The predicted octanol–water partition coefficient (Wildman–Crippen LogP) is 6.17. The summed E-state index contributed by atoms with van der Waals surface area (Å²) in [6.45, 7) is 6.70. The Morgan fingerprint density at radius 2 is 1.06 bits per heavy atom. The standard InChI is InChI=1S/C28H25BrN2O2/c29-26-25-21-8-2-5-18-4-1-6-19(23(18)21)20-7-3-9-22(24(20)25)27(30-10-14-32-15-11-30)28(26)31-12-16-33-17-13-31/h1-9H,10-17H2. The molecule has 0 atom stereocenters. The van der Waals surface area contributed by atoms with Crippen LogP contribution in [0, 0.1) is 0 Å². The lowest BCUT2D eigenvalue weighted by Gasteiger charge is -2.38. The molecule has 5 aromatic rings. The zero-order valence-corrected chi connectivity index (χ0v) is 20.0. The monoisotopic (exact) mass is 500 g/mol. The molecule has 2 aliphatic heterocycles. The Bertz CT molecular complexity index is 1500. The summed E-state index contributed by atoms with van der Waals surface area (Å²) in [4.78, 5) is 5.05. The fourth-order valence-electron chi connectivity index (χ4n) is 5.91. The van der Waals surface area contributed by atoms with E-state index in [1.54, 1.807) is 0 Å². The molecule has 33 heavy (non-hydrogen) atoms. The van der Waals surface area contributed by atoms with Gasteiger partial charge in [0.25, 0.3) is 0 Å². The average Bonchev–Trinajstić information content (AvgIpc) is 2.88. The normalized spacial score (nSPS) is 17.7. The molecule has 0 unspecified atom stereocenters. The van der Waals surface area contributed by atoms with Crippen molar-refractivity contribution in [1.29, 1.82) is 0 Å². The number of anilines is 2. The maximum atomic E-state index is 5.73. The van der Waals surface area contributed by atoms with Crippen LogP contribution in [-0.4, -0.2) is 52.6 Å². The minimum atomic E-state index is 0.765. The van der Waals surface area contributed by atoms with Crippen LogP contribution in [0.1, 0.15) is 0 Å². The van der Waals surface area contributed by atoms with Gasteiger partial charge in [-0.1, -0.05) is 54.6 Å². The molecule has 0 radical (unpaired) electrons. The van der Waals surface area contributed by atoms with Crippen LogP contribution in [0.3, 0.4) is 0 Å². The van der Waals surface area contributed by atoms with Crippen LogP contribution in [0.25, 0.3) is 43.1 Å². The van der Waals surface area contributed by atoms with Crippen molar-refractivity contribution in [3.05, 3.63) is 59.1 Å². The maximum absolute atomic E-state index is 5.73. The van der Waals surface area contributed by atoms with Gasteiger partial charge in [0.2, 0.25) is 0 Å². The molecule has 7 rings (SSSR count). The minimum absolute atomic E-state index is 0.765. The van der Waals surface area contributed by atoms with Crippen molar-refractivity contribution >= 4 is 70.4 Å². The Hall–Kier alpha value is -2.60. The van der Waals surface area contributed by atoms with Crippen LogP contribution in [0.5, 0.6) is 0 Å². The molecule has 0 bridgehead atoms. The van der Waals surface area contributed by atoms with E-state index < -0.39 is 0 Å². The molecular formula is C28H25BrN2O2. The molecule has 166 valence electrons.